The molecule has 110 heavy (non-hydrogen) atoms. The highest BCUT2D eigenvalue weighted by molar-refractivity contribution is 6.63. The van der Waals surface area contributed by atoms with Gasteiger partial charge in [-0.1, -0.05) is 82.2 Å². The number of aromatic hydroxyl groups is 1. The van der Waals surface area contributed by atoms with Gasteiger partial charge >= 0.3 is 55.0 Å². The van der Waals surface area contributed by atoms with Crippen LogP contribution in [-0.4, -0.2) is 165 Å². The molecule has 0 aliphatic carbocycles. The number of benzene rings is 4. The number of fused-ring (bicyclic) bond motifs is 1. The summed E-state index contributed by atoms with van der Waals surface area (Å²) in [6, 6.07) is 14.9. The molecule has 0 saturated heterocycles. The number of carboxylic acid groups (broad SMARTS) is 1. The lowest BCUT2D eigenvalue weighted by atomic mass is 9.88. The number of carbonyl (C=O) groups excluding carboxylic acids is 4. The number of rotatable bonds is 20. The first-order valence-corrected chi connectivity index (χ1v) is 32.4. The van der Waals surface area contributed by atoms with E-state index in [2.05, 4.69) is 45.5 Å². The lowest BCUT2D eigenvalue weighted by Gasteiger charge is -2.21. The molecular formula is C68H60ClF16N10O15+. The first kappa shape index (κ1) is 85.7. The van der Waals surface area contributed by atoms with E-state index in [9.17, 15) is 104 Å². The number of anilines is 1. The van der Waals surface area contributed by atoms with E-state index in [1.807, 2.05) is 0 Å². The van der Waals surface area contributed by atoms with Crippen LogP contribution in [0.15, 0.2) is 118 Å². The summed E-state index contributed by atoms with van der Waals surface area (Å²) in [5.41, 5.74) is -8.79. The van der Waals surface area contributed by atoms with Crippen LogP contribution in [0.3, 0.4) is 0 Å². The molecule has 0 radical (unpaired) electrons. The number of aliphatic carboxylic acids is 1. The van der Waals surface area contributed by atoms with Gasteiger partial charge in [0.1, 0.15) is 30.9 Å². The summed E-state index contributed by atoms with van der Waals surface area (Å²) in [5, 5.41) is 31.6. The SMILES string of the molecule is CCOC(=O)C(C(=O)OCC)c1cccc(C2=NOCC2)c1C(F)(F)F.COC(=O)c1nccnc1NCC(F)F.O=C(Cl)Cc1cccc(C2=NOCC2)c1C(F)(F)F.O=C(O)Cc1cccc(C2=NOCC2)c1C(F)(F)F.O=c1c(-c2cccc([N+]3=COCC3)c2C(F)(F)F)c(O)c2nccnc2n1CC(F)F. The van der Waals surface area contributed by atoms with E-state index in [1.54, 1.807) is 0 Å². The Balaban J connectivity index is 0.000000196. The van der Waals surface area contributed by atoms with E-state index in [4.69, 9.17) is 45.4 Å². The molecule has 4 aromatic carbocycles. The fourth-order valence-electron chi connectivity index (χ4n) is 11.0. The quantitative estimate of drug-likeness (QED) is 0.0159. The Kier molecular flexibility index (Phi) is 29.6. The number of aromatic nitrogens is 5. The van der Waals surface area contributed by atoms with Crippen LogP contribution in [0.1, 0.15) is 105 Å². The van der Waals surface area contributed by atoms with E-state index in [1.165, 1.54) is 92.5 Å². The molecule has 0 bridgehead atoms. The molecular weight excluding hydrogens is 1540 g/mol. The van der Waals surface area contributed by atoms with Gasteiger partial charge < -0.3 is 49.0 Å². The molecule has 0 unspecified atom stereocenters. The molecule has 0 fully saturated rings. The highest BCUT2D eigenvalue weighted by atomic mass is 35.5. The number of methoxy groups -OCH3 is 1. The third-order valence-corrected chi connectivity index (χ3v) is 15.4. The van der Waals surface area contributed by atoms with Crippen LogP contribution >= 0.6 is 11.6 Å². The van der Waals surface area contributed by atoms with Crippen molar-refractivity contribution in [1.82, 2.24) is 24.5 Å². The highest BCUT2D eigenvalue weighted by Crippen LogP contribution is 2.46. The second kappa shape index (κ2) is 38.0. The van der Waals surface area contributed by atoms with Crippen molar-refractivity contribution >= 4 is 86.9 Å². The van der Waals surface area contributed by atoms with Crippen LogP contribution in [0.25, 0.3) is 22.3 Å². The van der Waals surface area contributed by atoms with Crippen molar-refractivity contribution in [3.63, 3.8) is 0 Å². The average molecular weight is 1600 g/mol. The Morgan fingerprint density at radius 2 is 1.08 bits per heavy atom. The molecule has 0 atom stereocenters. The fourth-order valence-corrected chi connectivity index (χ4v) is 11.1. The normalized spacial score (nSPS) is 13.9. The highest BCUT2D eigenvalue weighted by Gasteiger charge is 2.46. The first-order chi connectivity index (χ1) is 51.9. The number of oxime groups is 3. The second-order valence-corrected chi connectivity index (χ2v) is 22.9. The molecule has 7 heterocycles. The number of carbonyl (C=O) groups is 5. The molecule has 4 aliphatic heterocycles. The Morgan fingerprint density at radius 3 is 1.53 bits per heavy atom. The van der Waals surface area contributed by atoms with Crippen molar-refractivity contribution in [1.29, 1.82) is 0 Å². The van der Waals surface area contributed by atoms with E-state index >= 15 is 0 Å². The summed E-state index contributed by atoms with van der Waals surface area (Å²) in [4.78, 5) is 99.4. The predicted octanol–water partition coefficient (Wildman–Crippen LogP) is 12.7. The molecule has 25 nitrogen and oxygen atoms in total. The maximum Gasteiger partial charge on any atom is 0.423 e. The number of halogens is 17. The molecule has 7 aromatic rings. The van der Waals surface area contributed by atoms with Crippen molar-refractivity contribution in [3.05, 3.63) is 169 Å². The van der Waals surface area contributed by atoms with Gasteiger partial charge in [-0.15, -0.1) is 0 Å². The van der Waals surface area contributed by atoms with Crippen LogP contribution in [0.4, 0.5) is 81.8 Å². The molecule has 590 valence electrons. The van der Waals surface area contributed by atoms with Gasteiger partial charge in [-0.2, -0.15) is 57.3 Å². The zero-order valence-corrected chi connectivity index (χ0v) is 57.9. The molecule has 3 aromatic heterocycles. The zero-order valence-electron chi connectivity index (χ0n) is 57.1. The van der Waals surface area contributed by atoms with E-state index in [0.29, 0.717) is 11.0 Å². The molecule has 3 N–H and O–H groups in total. The zero-order chi connectivity index (χ0) is 81.0. The van der Waals surface area contributed by atoms with Gasteiger partial charge in [-0.25, -0.2) is 42.3 Å². The number of pyridine rings is 1. The van der Waals surface area contributed by atoms with Gasteiger partial charge in [-0.3, -0.25) is 28.5 Å². The van der Waals surface area contributed by atoms with Crippen LogP contribution in [0.5, 0.6) is 5.75 Å². The first-order valence-electron chi connectivity index (χ1n) is 32.0. The van der Waals surface area contributed by atoms with Gasteiger partial charge in [0.25, 0.3) is 18.4 Å². The van der Waals surface area contributed by atoms with E-state index in [-0.39, 0.29) is 132 Å². The second-order valence-electron chi connectivity index (χ2n) is 22.5. The van der Waals surface area contributed by atoms with Gasteiger partial charge in [0.15, 0.2) is 42.0 Å². The van der Waals surface area contributed by atoms with Crippen molar-refractivity contribution in [2.75, 3.05) is 65.2 Å². The Morgan fingerprint density at radius 1 is 0.609 bits per heavy atom. The standard InChI is InChI=1S/C19H13F5N4O3.C17H18F3NO5.C12H9ClF3NO2.C12H10F3NO3.C8H9F2N3O2/c20-12(21)8-28-17-15(25-4-5-26-17)16(29)13(18(28)30)10-2-1-3-11(14(10)19(22,23)24)27-6-7-31-9-27;1-3-24-15(22)13(16(23)25-4-2)11-7-5-6-10(12-8-9-26-21-12)14(11)17(18,19)20;13-10(18)6-7-2-1-3-8(9-4-5-19-17-9)11(7)12(14,15)16;13-12(14,15)11-7(6-10(17)18)2-1-3-8(11)9-4-5-19-16-9;1-15-8(14)6-7(12-3-2-11-6)13-4-5(9)10/h1-5,9,12H,6-8H2;5-7,13H,3-4,8-9H2,1-2H3;1-3H,4-6H2;1-3H,4-6H2,(H,17,18);2-3,5H,4H2,1H3,(H,12,13)/p+1. The molecule has 4 aliphatic rings. The number of ether oxygens (including phenoxy) is 4. The Bertz CT molecular complexity index is 4570. The smallest absolute Gasteiger partial charge is 0.423 e. The number of nitrogens with one attached hydrogen (secondary N) is 1. The van der Waals surface area contributed by atoms with Gasteiger partial charge in [0, 0.05) is 78.8 Å². The number of hydrogen-bond acceptors (Lipinski definition) is 22. The van der Waals surface area contributed by atoms with Crippen molar-refractivity contribution in [2.45, 2.75) is 96.0 Å². The van der Waals surface area contributed by atoms with Gasteiger partial charge in [-0.05, 0) is 42.1 Å². The van der Waals surface area contributed by atoms with Crippen molar-refractivity contribution in [3.8, 4) is 16.9 Å². The van der Waals surface area contributed by atoms with Crippen molar-refractivity contribution < 1.29 is 142 Å². The fraction of sp³-hybridized carbons (Fsp3) is 0.353. The maximum atomic E-state index is 14.1. The Hall–Kier alpha value is -11.6. The largest absolute Gasteiger partial charge is 0.505 e. The average Bonchev–Trinajstić information content (AvgIpc) is 1.61. The van der Waals surface area contributed by atoms with E-state index in [0.717, 1.165) is 37.0 Å². The summed E-state index contributed by atoms with van der Waals surface area (Å²) in [5.74, 6) is -6.95. The summed E-state index contributed by atoms with van der Waals surface area (Å²) >= 11 is 5.19. The number of hydrogen-bond donors (Lipinski definition) is 3. The third kappa shape index (κ3) is 22.1. The molecule has 42 heteroatoms. The molecule has 0 spiro atoms. The minimum Gasteiger partial charge on any atom is -0.505 e. The van der Waals surface area contributed by atoms with Gasteiger partial charge in [0.2, 0.25) is 10.9 Å². The van der Waals surface area contributed by atoms with Crippen LogP contribution in [0, 0.1) is 0 Å². The van der Waals surface area contributed by atoms with Crippen LogP contribution < -0.4 is 10.9 Å². The van der Waals surface area contributed by atoms with Crippen molar-refractivity contribution in [2.24, 2.45) is 15.5 Å². The molecule has 0 amide bonds. The number of alkyl halides is 16. The summed E-state index contributed by atoms with van der Waals surface area (Å²) < 4.78 is 233. The summed E-state index contributed by atoms with van der Waals surface area (Å²) in [6.07, 6.45) is -18.9. The topological polar surface area (TPSA) is 316 Å². The summed E-state index contributed by atoms with van der Waals surface area (Å²) in [6.45, 7) is 2.04. The van der Waals surface area contributed by atoms with Crippen LogP contribution in [-0.2, 0) is 96.7 Å². The van der Waals surface area contributed by atoms with Gasteiger partial charge in [0.05, 0.1) is 79.2 Å². The monoisotopic (exact) mass is 1600 g/mol. The number of nitrogens with zero attached hydrogens (tertiary/aromatic N) is 9. The molecule has 11 rings (SSSR count). The number of carboxylic acids is 1. The minimum absolute atomic E-state index is 0.00958. The maximum absolute atomic E-state index is 14.1. The summed E-state index contributed by atoms with van der Waals surface area (Å²) in [7, 11) is 1.17. The van der Waals surface area contributed by atoms with E-state index < -0.39 is 149 Å². The minimum atomic E-state index is -4.94. The third-order valence-electron chi connectivity index (χ3n) is 15.3. The molecule has 0 saturated carbocycles. The lowest BCUT2D eigenvalue weighted by molar-refractivity contribution is -0.426. The Labute approximate surface area is 614 Å². The predicted molar refractivity (Wildman–Crippen MR) is 354 cm³/mol. The lowest BCUT2D eigenvalue weighted by Crippen LogP contribution is -2.29. The number of esters is 3. The van der Waals surface area contributed by atoms with Crippen LogP contribution in [0.2, 0.25) is 0 Å².